The van der Waals surface area contributed by atoms with Crippen molar-refractivity contribution in [2.75, 3.05) is 5.75 Å². The largest absolute Gasteiger partial charge is 0.350 e. The van der Waals surface area contributed by atoms with Crippen LogP contribution in [-0.4, -0.2) is 27.4 Å². The van der Waals surface area contributed by atoms with Crippen LogP contribution < -0.4 is 5.32 Å². The SMILES string of the molecule is O=C(Cc1csc(SCC(=O)c2ccc(F)cc2)n1)NCc1ccccn1. The molecule has 1 aromatic carbocycles. The quantitative estimate of drug-likeness (QED) is 0.462. The Bertz CT molecular complexity index is 914. The lowest BCUT2D eigenvalue weighted by molar-refractivity contribution is -0.120. The van der Waals surface area contributed by atoms with Gasteiger partial charge in [0.25, 0.3) is 0 Å². The average Bonchev–Trinajstić information content (AvgIpc) is 3.13. The number of nitrogens with zero attached hydrogens (tertiary/aromatic N) is 2. The number of carbonyl (C=O) groups is 2. The summed E-state index contributed by atoms with van der Waals surface area (Å²) in [6.45, 7) is 0.373. The molecule has 0 saturated heterocycles. The zero-order valence-corrected chi connectivity index (χ0v) is 15.9. The number of hydrogen-bond acceptors (Lipinski definition) is 6. The fourth-order valence-corrected chi connectivity index (χ4v) is 3.94. The number of hydrogen-bond donors (Lipinski definition) is 1. The fraction of sp³-hybridized carbons (Fsp3) is 0.158. The van der Waals surface area contributed by atoms with Crippen LogP contribution >= 0.6 is 23.1 Å². The van der Waals surface area contributed by atoms with E-state index in [1.165, 1.54) is 47.4 Å². The summed E-state index contributed by atoms with van der Waals surface area (Å²) in [6, 6.07) is 11.0. The van der Waals surface area contributed by atoms with E-state index in [2.05, 4.69) is 15.3 Å². The summed E-state index contributed by atoms with van der Waals surface area (Å²) in [6.07, 6.45) is 1.86. The van der Waals surface area contributed by atoms with Gasteiger partial charge in [0, 0.05) is 17.1 Å². The van der Waals surface area contributed by atoms with Crippen LogP contribution in [0.25, 0.3) is 0 Å². The van der Waals surface area contributed by atoms with E-state index < -0.39 is 0 Å². The topological polar surface area (TPSA) is 72.0 Å². The third kappa shape index (κ3) is 5.97. The molecular weight excluding hydrogens is 385 g/mol. The molecule has 27 heavy (non-hydrogen) atoms. The summed E-state index contributed by atoms with van der Waals surface area (Å²) in [5, 5.41) is 4.62. The number of ketones is 1. The van der Waals surface area contributed by atoms with Gasteiger partial charge in [-0.2, -0.15) is 0 Å². The van der Waals surface area contributed by atoms with Gasteiger partial charge in [-0.15, -0.1) is 11.3 Å². The predicted molar refractivity (Wildman–Crippen MR) is 103 cm³/mol. The highest BCUT2D eigenvalue weighted by Gasteiger charge is 2.11. The van der Waals surface area contributed by atoms with Gasteiger partial charge in [-0.05, 0) is 36.4 Å². The molecule has 1 amide bonds. The zero-order chi connectivity index (χ0) is 19.1. The van der Waals surface area contributed by atoms with Crippen molar-refractivity contribution in [3.63, 3.8) is 0 Å². The van der Waals surface area contributed by atoms with E-state index in [-0.39, 0.29) is 29.7 Å². The molecule has 3 rings (SSSR count). The summed E-state index contributed by atoms with van der Waals surface area (Å²) in [7, 11) is 0. The van der Waals surface area contributed by atoms with Gasteiger partial charge in [0.05, 0.1) is 30.1 Å². The molecule has 2 aromatic heterocycles. The third-order valence-corrected chi connectivity index (χ3v) is 5.63. The van der Waals surface area contributed by atoms with Gasteiger partial charge in [-0.3, -0.25) is 14.6 Å². The molecule has 0 fully saturated rings. The Kier molecular flexibility index (Phi) is 6.67. The lowest BCUT2D eigenvalue weighted by Crippen LogP contribution is -2.25. The number of rotatable bonds is 8. The van der Waals surface area contributed by atoms with Gasteiger partial charge in [-0.1, -0.05) is 17.8 Å². The van der Waals surface area contributed by atoms with Crippen LogP contribution in [0, 0.1) is 5.82 Å². The first-order valence-electron chi connectivity index (χ1n) is 8.13. The Labute approximate surface area is 164 Å². The molecule has 0 atom stereocenters. The molecule has 0 spiro atoms. The number of nitrogens with one attached hydrogen (secondary N) is 1. The second kappa shape index (κ2) is 9.38. The molecule has 0 unspecified atom stereocenters. The zero-order valence-electron chi connectivity index (χ0n) is 14.2. The summed E-state index contributed by atoms with van der Waals surface area (Å²) in [5.74, 6) is -0.385. The monoisotopic (exact) mass is 401 g/mol. The number of amides is 1. The minimum atomic E-state index is -0.370. The minimum absolute atomic E-state index is 0.0927. The molecule has 138 valence electrons. The van der Waals surface area contributed by atoms with Crippen LogP contribution in [0.2, 0.25) is 0 Å². The molecule has 0 aliphatic heterocycles. The highest BCUT2D eigenvalue weighted by atomic mass is 32.2. The highest BCUT2D eigenvalue weighted by molar-refractivity contribution is 8.01. The molecule has 8 heteroatoms. The molecule has 0 radical (unpaired) electrons. The van der Waals surface area contributed by atoms with E-state index in [0.717, 1.165) is 10.0 Å². The van der Waals surface area contributed by atoms with Crippen molar-refractivity contribution in [2.45, 2.75) is 17.3 Å². The van der Waals surface area contributed by atoms with E-state index in [0.29, 0.717) is 17.8 Å². The number of benzene rings is 1. The number of halogens is 1. The number of aromatic nitrogens is 2. The maximum absolute atomic E-state index is 12.9. The van der Waals surface area contributed by atoms with Crippen molar-refractivity contribution in [3.8, 4) is 0 Å². The van der Waals surface area contributed by atoms with E-state index in [4.69, 9.17) is 0 Å². The van der Waals surface area contributed by atoms with Crippen molar-refractivity contribution >= 4 is 34.8 Å². The van der Waals surface area contributed by atoms with Crippen molar-refractivity contribution < 1.29 is 14.0 Å². The molecule has 0 bridgehead atoms. The van der Waals surface area contributed by atoms with Gasteiger partial charge in [0.15, 0.2) is 10.1 Å². The summed E-state index contributed by atoms with van der Waals surface area (Å²) >= 11 is 2.70. The van der Waals surface area contributed by atoms with E-state index in [1.54, 1.807) is 6.20 Å². The van der Waals surface area contributed by atoms with Crippen molar-refractivity contribution in [1.29, 1.82) is 0 Å². The first kappa shape index (κ1) is 19.2. The number of Topliss-reactive ketones (excluding diaryl/α,β-unsaturated/α-hetero) is 1. The molecule has 5 nitrogen and oxygen atoms in total. The Morgan fingerprint density at radius 3 is 2.67 bits per heavy atom. The fourth-order valence-electron chi connectivity index (χ4n) is 2.20. The lowest BCUT2D eigenvalue weighted by Gasteiger charge is -2.03. The second-order valence-electron chi connectivity index (χ2n) is 5.60. The van der Waals surface area contributed by atoms with Crippen molar-refractivity contribution in [3.05, 3.63) is 76.8 Å². The Hall–Kier alpha value is -2.58. The molecule has 2 heterocycles. The second-order valence-corrected chi connectivity index (χ2v) is 7.68. The standard InChI is InChI=1S/C19H16FN3O2S2/c20-14-6-4-13(5-7-14)17(24)12-27-19-23-16(11-26-19)9-18(25)22-10-15-3-1-2-8-21-15/h1-8,11H,9-10,12H2,(H,22,25). The smallest absolute Gasteiger partial charge is 0.226 e. The number of pyridine rings is 1. The summed E-state index contributed by atoms with van der Waals surface area (Å²) < 4.78 is 13.6. The Balaban J connectivity index is 1.45. The van der Waals surface area contributed by atoms with Crippen LogP contribution in [0.4, 0.5) is 4.39 Å². The number of thiazole rings is 1. The van der Waals surface area contributed by atoms with Gasteiger partial charge in [0.1, 0.15) is 5.82 Å². The Morgan fingerprint density at radius 2 is 1.93 bits per heavy atom. The van der Waals surface area contributed by atoms with Crippen LogP contribution in [0.3, 0.4) is 0 Å². The molecule has 1 N–H and O–H groups in total. The highest BCUT2D eigenvalue weighted by Crippen LogP contribution is 2.24. The normalized spacial score (nSPS) is 10.6. The molecule has 3 aromatic rings. The number of carbonyl (C=O) groups excluding carboxylic acids is 2. The van der Waals surface area contributed by atoms with Crippen LogP contribution in [0.15, 0.2) is 58.4 Å². The maximum Gasteiger partial charge on any atom is 0.226 e. The molecule has 0 saturated carbocycles. The lowest BCUT2D eigenvalue weighted by atomic mass is 10.1. The van der Waals surface area contributed by atoms with Gasteiger partial charge in [-0.25, -0.2) is 9.37 Å². The van der Waals surface area contributed by atoms with Gasteiger partial charge >= 0.3 is 0 Å². The van der Waals surface area contributed by atoms with Crippen LogP contribution in [-0.2, 0) is 17.8 Å². The first-order chi connectivity index (χ1) is 13.1. The molecular formula is C19H16FN3O2S2. The summed E-state index contributed by atoms with van der Waals surface area (Å²) in [4.78, 5) is 32.6. The van der Waals surface area contributed by atoms with Crippen LogP contribution in [0.1, 0.15) is 21.7 Å². The third-order valence-electron chi connectivity index (χ3n) is 3.56. The molecule has 0 aliphatic carbocycles. The minimum Gasteiger partial charge on any atom is -0.350 e. The van der Waals surface area contributed by atoms with E-state index in [9.17, 15) is 14.0 Å². The van der Waals surface area contributed by atoms with Gasteiger partial charge < -0.3 is 5.32 Å². The van der Waals surface area contributed by atoms with Crippen molar-refractivity contribution in [1.82, 2.24) is 15.3 Å². The predicted octanol–water partition coefficient (Wildman–Crippen LogP) is 3.51. The van der Waals surface area contributed by atoms with Crippen molar-refractivity contribution in [2.24, 2.45) is 0 Å². The number of thioether (sulfide) groups is 1. The first-order valence-corrected chi connectivity index (χ1v) is 9.99. The van der Waals surface area contributed by atoms with E-state index >= 15 is 0 Å². The van der Waals surface area contributed by atoms with Gasteiger partial charge in [0.2, 0.25) is 5.91 Å². The maximum atomic E-state index is 12.9. The van der Waals surface area contributed by atoms with E-state index in [1.807, 2.05) is 23.6 Å². The van der Waals surface area contributed by atoms with Crippen LogP contribution in [0.5, 0.6) is 0 Å². The Morgan fingerprint density at radius 1 is 1.11 bits per heavy atom. The molecule has 0 aliphatic rings. The summed E-state index contributed by atoms with van der Waals surface area (Å²) in [5.41, 5.74) is 1.92. The average molecular weight is 401 g/mol.